The topological polar surface area (TPSA) is 9.23 Å². The molecule has 1 rings (SSSR count). The fourth-order valence-corrected chi connectivity index (χ4v) is 1.59. The molecule has 1 atom stereocenters. The van der Waals surface area contributed by atoms with E-state index in [-0.39, 0.29) is 10.8 Å². The molecule has 1 aromatic carbocycles. The summed E-state index contributed by atoms with van der Waals surface area (Å²) in [6.07, 6.45) is -3.00. The molecular formula is C10H10F4OS. The van der Waals surface area contributed by atoms with Gasteiger partial charge < -0.3 is 4.74 Å². The maximum absolute atomic E-state index is 13.3. The molecule has 6 heteroatoms. The highest BCUT2D eigenvalue weighted by atomic mass is 32.2. The second-order valence-electron chi connectivity index (χ2n) is 3.11. The van der Waals surface area contributed by atoms with Crippen LogP contribution < -0.4 is 4.74 Å². The number of hydrogen-bond acceptors (Lipinski definition) is 2. The van der Waals surface area contributed by atoms with Crippen LogP contribution in [0.15, 0.2) is 18.2 Å². The van der Waals surface area contributed by atoms with E-state index in [0.717, 1.165) is 18.2 Å². The van der Waals surface area contributed by atoms with Gasteiger partial charge in [0.25, 0.3) is 0 Å². The van der Waals surface area contributed by atoms with Gasteiger partial charge in [0.2, 0.25) is 0 Å². The minimum Gasteiger partial charge on any atom is -0.406 e. The predicted molar refractivity (Wildman–Crippen MR) is 55.0 cm³/mol. The predicted octanol–water partition coefficient (Wildman–Crippen LogP) is 4.15. The van der Waals surface area contributed by atoms with Crippen molar-refractivity contribution < 1.29 is 22.3 Å². The first-order chi connectivity index (χ1) is 7.33. The zero-order valence-electron chi connectivity index (χ0n) is 8.64. The molecule has 0 spiro atoms. The van der Waals surface area contributed by atoms with Gasteiger partial charge in [-0.3, -0.25) is 0 Å². The van der Waals surface area contributed by atoms with Crippen molar-refractivity contribution in [3.8, 4) is 5.75 Å². The van der Waals surface area contributed by atoms with Crippen LogP contribution in [0, 0.1) is 5.82 Å². The molecule has 0 bridgehead atoms. The fraction of sp³-hybridized carbons (Fsp3) is 0.400. The number of alkyl halides is 3. The second-order valence-corrected chi connectivity index (χ2v) is 4.29. The molecule has 0 N–H and O–H groups in total. The monoisotopic (exact) mass is 254 g/mol. The van der Waals surface area contributed by atoms with Gasteiger partial charge in [-0.2, -0.15) is 11.8 Å². The first-order valence-electron chi connectivity index (χ1n) is 4.41. The van der Waals surface area contributed by atoms with Crippen molar-refractivity contribution in [2.45, 2.75) is 18.5 Å². The first kappa shape index (κ1) is 13.2. The lowest BCUT2D eigenvalue weighted by atomic mass is 10.1. The second kappa shape index (κ2) is 4.95. The molecule has 0 amide bonds. The molecule has 1 nitrogen and oxygen atoms in total. The Balaban J connectivity index is 2.98. The summed E-state index contributed by atoms with van der Waals surface area (Å²) in [5.74, 6) is -0.929. The molecule has 0 radical (unpaired) electrons. The van der Waals surface area contributed by atoms with Gasteiger partial charge in [0, 0.05) is 10.8 Å². The SMILES string of the molecule is CS[C@H](C)c1cc(OC(F)(F)F)ccc1F. The number of halogens is 4. The lowest BCUT2D eigenvalue weighted by Crippen LogP contribution is -2.17. The molecule has 16 heavy (non-hydrogen) atoms. The Morgan fingerprint density at radius 1 is 1.31 bits per heavy atom. The van der Waals surface area contributed by atoms with Crippen molar-refractivity contribution in [2.75, 3.05) is 6.26 Å². The summed E-state index contributed by atoms with van der Waals surface area (Å²) in [6.45, 7) is 1.71. The largest absolute Gasteiger partial charge is 0.573 e. The summed E-state index contributed by atoms with van der Waals surface area (Å²) in [7, 11) is 0. The zero-order chi connectivity index (χ0) is 12.3. The number of hydrogen-bond donors (Lipinski definition) is 0. The summed E-state index contributed by atoms with van der Waals surface area (Å²) in [5.41, 5.74) is 0.203. The summed E-state index contributed by atoms with van der Waals surface area (Å²) in [4.78, 5) is 0. The molecule has 0 saturated carbocycles. The van der Waals surface area contributed by atoms with E-state index in [1.165, 1.54) is 11.8 Å². The standard InChI is InChI=1S/C10H10F4OS/c1-6(16-2)8-5-7(3-4-9(8)11)15-10(12,13)14/h3-6H,1-2H3/t6-/m1/s1. The zero-order valence-corrected chi connectivity index (χ0v) is 9.45. The Bertz CT molecular complexity index is 364. The van der Waals surface area contributed by atoms with Crippen molar-refractivity contribution in [3.05, 3.63) is 29.6 Å². The lowest BCUT2D eigenvalue weighted by molar-refractivity contribution is -0.274. The number of benzene rings is 1. The maximum atomic E-state index is 13.3. The number of thioether (sulfide) groups is 1. The lowest BCUT2D eigenvalue weighted by Gasteiger charge is -2.13. The Morgan fingerprint density at radius 2 is 1.94 bits per heavy atom. The summed E-state index contributed by atoms with van der Waals surface area (Å²) < 4.78 is 52.8. The van der Waals surface area contributed by atoms with Gasteiger partial charge in [0.1, 0.15) is 11.6 Å². The normalized spacial score (nSPS) is 13.6. The number of ether oxygens (including phenoxy) is 1. The van der Waals surface area contributed by atoms with Crippen molar-refractivity contribution in [3.63, 3.8) is 0 Å². The van der Waals surface area contributed by atoms with Crippen LogP contribution in [0.25, 0.3) is 0 Å². The van der Waals surface area contributed by atoms with Crippen LogP contribution in [0.2, 0.25) is 0 Å². The van der Waals surface area contributed by atoms with Crippen molar-refractivity contribution in [2.24, 2.45) is 0 Å². The van der Waals surface area contributed by atoms with Gasteiger partial charge in [-0.1, -0.05) is 0 Å². The molecule has 90 valence electrons. The minimum atomic E-state index is -4.75. The molecule has 0 aromatic heterocycles. The average molecular weight is 254 g/mol. The molecule has 1 aromatic rings. The van der Waals surface area contributed by atoms with Crippen LogP contribution in [0.1, 0.15) is 17.7 Å². The summed E-state index contributed by atoms with van der Waals surface area (Å²) in [5, 5.41) is -0.225. The van der Waals surface area contributed by atoms with Crippen molar-refractivity contribution in [1.82, 2.24) is 0 Å². The van der Waals surface area contributed by atoms with Gasteiger partial charge in [-0.05, 0) is 31.4 Å². The van der Waals surface area contributed by atoms with E-state index in [1.54, 1.807) is 13.2 Å². The minimum absolute atomic E-state index is 0.203. The molecule has 0 unspecified atom stereocenters. The Kier molecular flexibility index (Phi) is 4.07. The third-order valence-electron chi connectivity index (χ3n) is 1.99. The van der Waals surface area contributed by atoms with E-state index < -0.39 is 17.9 Å². The van der Waals surface area contributed by atoms with Gasteiger partial charge in [-0.15, -0.1) is 13.2 Å². The molecule has 0 heterocycles. The van der Waals surface area contributed by atoms with Crippen LogP contribution in [-0.2, 0) is 0 Å². The van der Waals surface area contributed by atoms with Gasteiger partial charge in [-0.25, -0.2) is 4.39 Å². The summed E-state index contributed by atoms with van der Waals surface area (Å²) >= 11 is 1.34. The molecule has 0 fully saturated rings. The van der Waals surface area contributed by atoms with E-state index in [2.05, 4.69) is 4.74 Å². The smallest absolute Gasteiger partial charge is 0.406 e. The third kappa shape index (κ3) is 3.59. The molecular weight excluding hydrogens is 244 g/mol. The van der Waals surface area contributed by atoms with E-state index in [1.807, 2.05) is 0 Å². The van der Waals surface area contributed by atoms with Gasteiger partial charge in [0.15, 0.2) is 0 Å². The molecule has 0 aliphatic carbocycles. The summed E-state index contributed by atoms with van der Waals surface area (Å²) in [6, 6.07) is 3.01. The molecule has 0 aliphatic heterocycles. The fourth-order valence-electron chi connectivity index (χ4n) is 1.16. The first-order valence-corrected chi connectivity index (χ1v) is 5.70. The van der Waals surface area contributed by atoms with E-state index in [4.69, 9.17) is 0 Å². The highest BCUT2D eigenvalue weighted by Crippen LogP contribution is 2.32. The van der Waals surface area contributed by atoms with Crippen LogP contribution in [0.3, 0.4) is 0 Å². The average Bonchev–Trinajstić information content (AvgIpc) is 2.18. The Morgan fingerprint density at radius 3 is 2.44 bits per heavy atom. The van der Waals surface area contributed by atoms with Crippen LogP contribution in [0.4, 0.5) is 17.6 Å². The highest BCUT2D eigenvalue weighted by Gasteiger charge is 2.31. The Hall–Kier alpha value is -0.910. The van der Waals surface area contributed by atoms with E-state index >= 15 is 0 Å². The quantitative estimate of drug-likeness (QED) is 0.749. The van der Waals surface area contributed by atoms with E-state index in [9.17, 15) is 17.6 Å². The van der Waals surface area contributed by atoms with E-state index in [0.29, 0.717) is 0 Å². The van der Waals surface area contributed by atoms with Gasteiger partial charge >= 0.3 is 6.36 Å². The van der Waals surface area contributed by atoms with Crippen molar-refractivity contribution >= 4 is 11.8 Å². The number of rotatable bonds is 3. The van der Waals surface area contributed by atoms with Crippen LogP contribution in [0.5, 0.6) is 5.75 Å². The van der Waals surface area contributed by atoms with Crippen molar-refractivity contribution in [1.29, 1.82) is 0 Å². The third-order valence-corrected chi connectivity index (χ3v) is 2.95. The molecule has 0 aliphatic rings. The Labute approximate surface area is 94.8 Å². The van der Waals surface area contributed by atoms with Gasteiger partial charge in [0.05, 0.1) is 0 Å². The maximum Gasteiger partial charge on any atom is 0.573 e. The van der Waals surface area contributed by atoms with Crippen LogP contribution in [-0.4, -0.2) is 12.6 Å². The molecule has 0 saturated heterocycles. The highest BCUT2D eigenvalue weighted by molar-refractivity contribution is 7.98. The van der Waals surface area contributed by atoms with Crippen LogP contribution >= 0.6 is 11.8 Å².